The highest BCUT2D eigenvalue weighted by atomic mass is 16.5. The molecular formula is C32H36O3. The number of hydrogen-bond acceptors (Lipinski definition) is 3. The molecule has 0 saturated heterocycles. The van der Waals surface area contributed by atoms with E-state index in [0.29, 0.717) is 11.3 Å². The van der Waals surface area contributed by atoms with Crippen LogP contribution in [0.1, 0.15) is 56.9 Å². The van der Waals surface area contributed by atoms with Crippen molar-refractivity contribution in [3.8, 4) is 5.75 Å². The molecule has 0 heterocycles. The number of carbonyl (C=O) groups is 1. The lowest BCUT2D eigenvalue weighted by Gasteiger charge is -2.18. The molecule has 3 aromatic carbocycles. The number of aromatic hydroxyl groups is 1. The van der Waals surface area contributed by atoms with Crippen molar-refractivity contribution in [2.75, 3.05) is 0 Å². The first-order chi connectivity index (χ1) is 16.6. The normalized spacial score (nSPS) is 11.4. The van der Waals surface area contributed by atoms with Crippen LogP contribution >= 0.6 is 0 Å². The van der Waals surface area contributed by atoms with Crippen LogP contribution in [0, 0.1) is 0 Å². The third kappa shape index (κ3) is 9.89. The number of hydrogen-bond donors (Lipinski definition) is 1. The van der Waals surface area contributed by atoms with E-state index in [2.05, 4.69) is 57.7 Å². The highest BCUT2D eigenvalue weighted by molar-refractivity contribution is 6.15. The number of esters is 1. The topological polar surface area (TPSA) is 46.5 Å². The molecule has 0 fully saturated rings. The molecule has 0 aliphatic rings. The van der Waals surface area contributed by atoms with Gasteiger partial charge < -0.3 is 9.84 Å². The average molecular weight is 469 g/mol. The predicted octanol–water partition coefficient (Wildman–Crippen LogP) is 8.07. The van der Waals surface area contributed by atoms with Gasteiger partial charge in [0.15, 0.2) is 0 Å². The van der Waals surface area contributed by atoms with Crippen LogP contribution in [0.2, 0.25) is 0 Å². The van der Waals surface area contributed by atoms with Gasteiger partial charge in [-0.25, -0.2) is 4.79 Å². The van der Waals surface area contributed by atoms with E-state index in [1.807, 2.05) is 74.5 Å². The molecule has 0 spiro atoms. The van der Waals surface area contributed by atoms with Gasteiger partial charge in [-0.05, 0) is 53.6 Å². The largest absolute Gasteiger partial charge is 0.508 e. The molecule has 0 saturated carbocycles. The maximum Gasteiger partial charge on any atom is 0.338 e. The second-order valence-corrected chi connectivity index (χ2v) is 9.48. The summed E-state index contributed by atoms with van der Waals surface area (Å²) in [7, 11) is 0. The molecule has 1 N–H and O–H groups in total. The summed E-state index contributed by atoms with van der Waals surface area (Å²) >= 11 is 0. The van der Waals surface area contributed by atoms with Crippen LogP contribution < -0.4 is 0 Å². The van der Waals surface area contributed by atoms with Gasteiger partial charge >= 0.3 is 5.97 Å². The van der Waals surface area contributed by atoms with Crippen molar-refractivity contribution >= 4 is 23.7 Å². The Kier molecular flexibility index (Phi) is 10.3. The molecule has 0 aromatic heterocycles. The van der Waals surface area contributed by atoms with Gasteiger partial charge in [-0.15, -0.1) is 0 Å². The minimum Gasteiger partial charge on any atom is -0.508 e. The number of carbonyl (C=O) groups excluding carboxylic acids is 1. The van der Waals surface area contributed by atoms with Gasteiger partial charge in [-0.2, -0.15) is 0 Å². The summed E-state index contributed by atoms with van der Waals surface area (Å²) in [5.41, 5.74) is 5.01. The SMILES string of the molecule is C=C(C(=O)OC(C)C)c1ccccc1.CC(C)(C)c1ccc(C=CC=Cc2ccc(O)cc2)cc1. The monoisotopic (exact) mass is 468 g/mol. The van der Waals surface area contributed by atoms with Gasteiger partial charge in [-0.1, -0.05) is 118 Å². The summed E-state index contributed by atoms with van der Waals surface area (Å²) in [5.74, 6) is -0.0622. The third-order valence-corrected chi connectivity index (χ3v) is 5.07. The van der Waals surface area contributed by atoms with E-state index in [9.17, 15) is 9.90 Å². The molecule has 3 aromatic rings. The summed E-state index contributed by atoms with van der Waals surface area (Å²) in [5, 5.41) is 9.22. The van der Waals surface area contributed by atoms with E-state index in [4.69, 9.17) is 4.74 Å². The summed E-state index contributed by atoms with van der Waals surface area (Å²) in [6.07, 6.45) is 8.02. The van der Waals surface area contributed by atoms with E-state index in [1.54, 1.807) is 12.1 Å². The molecule has 3 nitrogen and oxygen atoms in total. The summed E-state index contributed by atoms with van der Waals surface area (Å²) in [4.78, 5) is 11.4. The van der Waals surface area contributed by atoms with Crippen molar-refractivity contribution in [3.63, 3.8) is 0 Å². The molecule has 182 valence electrons. The fraction of sp³-hybridized carbons (Fsp3) is 0.219. The number of benzene rings is 3. The highest BCUT2D eigenvalue weighted by Crippen LogP contribution is 2.22. The molecule has 3 rings (SSSR count). The molecule has 0 bridgehead atoms. The Labute approximate surface area is 210 Å². The molecule has 3 heteroatoms. The number of allylic oxidation sites excluding steroid dienone is 2. The Hall–Kier alpha value is -3.85. The predicted molar refractivity (Wildman–Crippen MR) is 148 cm³/mol. The zero-order valence-corrected chi connectivity index (χ0v) is 21.4. The second-order valence-electron chi connectivity index (χ2n) is 9.48. The Morgan fingerprint density at radius 3 is 1.77 bits per heavy atom. The molecular weight excluding hydrogens is 432 g/mol. The van der Waals surface area contributed by atoms with Crippen molar-refractivity contribution in [3.05, 3.63) is 120 Å². The van der Waals surface area contributed by atoms with E-state index in [0.717, 1.165) is 11.1 Å². The first-order valence-corrected chi connectivity index (χ1v) is 11.8. The van der Waals surface area contributed by atoms with Gasteiger partial charge in [0.05, 0.1) is 11.7 Å². The van der Waals surface area contributed by atoms with Crippen LogP contribution in [-0.4, -0.2) is 17.2 Å². The standard InChI is InChI=1S/C20H22O.C12H14O2/c1-20(2,3)18-12-8-16(9-13-18)6-4-5-7-17-10-14-19(21)15-11-17;1-9(2)14-12(13)10(3)11-7-5-4-6-8-11/h4-15,21H,1-3H3;4-9H,3H2,1-2H3. The minimum absolute atomic E-state index is 0.108. The lowest BCUT2D eigenvalue weighted by Crippen LogP contribution is -2.12. The van der Waals surface area contributed by atoms with Crippen molar-refractivity contribution in [2.24, 2.45) is 0 Å². The molecule has 0 amide bonds. The maximum atomic E-state index is 11.4. The fourth-order valence-corrected chi connectivity index (χ4v) is 3.06. The molecule has 0 radical (unpaired) electrons. The first-order valence-electron chi connectivity index (χ1n) is 11.8. The van der Waals surface area contributed by atoms with E-state index in [1.165, 1.54) is 11.1 Å². The second kappa shape index (κ2) is 13.1. The smallest absolute Gasteiger partial charge is 0.338 e. The number of ether oxygens (including phenoxy) is 1. The van der Waals surface area contributed by atoms with Crippen LogP contribution in [0.25, 0.3) is 17.7 Å². The highest BCUT2D eigenvalue weighted by Gasteiger charge is 2.12. The Balaban J connectivity index is 0.000000269. The molecule has 0 aliphatic heterocycles. The minimum atomic E-state index is -0.355. The lowest BCUT2D eigenvalue weighted by atomic mass is 9.87. The lowest BCUT2D eigenvalue weighted by molar-refractivity contribution is -0.140. The zero-order valence-electron chi connectivity index (χ0n) is 21.4. The quantitative estimate of drug-likeness (QED) is 0.226. The van der Waals surface area contributed by atoms with Crippen LogP contribution in [0.5, 0.6) is 5.75 Å². The third-order valence-electron chi connectivity index (χ3n) is 5.07. The van der Waals surface area contributed by atoms with Gasteiger partial charge in [0, 0.05) is 0 Å². The van der Waals surface area contributed by atoms with Crippen LogP contribution in [-0.2, 0) is 14.9 Å². The van der Waals surface area contributed by atoms with E-state index >= 15 is 0 Å². The van der Waals surface area contributed by atoms with Crippen molar-refractivity contribution in [1.29, 1.82) is 0 Å². The van der Waals surface area contributed by atoms with Gasteiger partial charge in [0.1, 0.15) is 5.75 Å². The van der Waals surface area contributed by atoms with Crippen molar-refractivity contribution in [1.82, 2.24) is 0 Å². The van der Waals surface area contributed by atoms with Crippen LogP contribution in [0.15, 0.2) is 97.6 Å². The Bertz CT molecular complexity index is 1130. The van der Waals surface area contributed by atoms with E-state index < -0.39 is 0 Å². The fourth-order valence-electron chi connectivity index (χ4n) is 3.06. The molecule has 0 unspecified atom stereocenters. The molecule has 35 heavy (non-hydrogen) atoms. The maximum absolute atomic E-state index is 11.4. The molecule has 0 atom stereocenters. The Morgan fingerprint density at radius 2 is 1.31 bits per heavy atom. The molecule has 0 aliphatic carbocycles. The van der Waals surface area contributed by atoms with Gasteiger partial charge in [0.25, 0.3) is 0 Å². The van der Waals surface area contributed by atoms with Crippen LogP contribution in [0.4, 0.5) is 0 Å². The van der Waals surface area contributed by atoms with Crippen molar-refractivity contribution in [2.45, 2.75) is 46.1 Å². The number of rotatable bonds is 6. The van der Waals surface area contributed by atoms with Gasteiger partial charge in [-0.3, -0.25) is 0 Å². The Morgan fingerprint density at radius 1 is 0.829 bits per heavy atom. The number of phenolic OH excluding ortho intramolecular Hbond substituents is 1. The summed E-state index contributed by atoms with van der Waals surface area (Å²) in [6, 6.07) is 25.1. The first kappa shape index (κ1) is 27.4. The van der Waals surface area contributed by atoms with E-state index in [-0.39, 0.29) is 17.5 Å². The summed E-state index contributed by atoms with van der Waals surface area (Å²) < 4.78 is 5.03. The van der Waals surface area contributed by atoms with Crippen molar-refractivity contribution < 1.29 is 14.6 Å². The average Bonchev–Trinajstić information content (AvgIpc) is 2.83. The summed E-state index contributed by atoms with van der Waals surface area (Å²) in [6.45, 7) is 14.0. The van der Waals surface area contributed by atoms with Gasteiger partial charge in [0.2, 0.25) is 0 Å². The number of phenols is 1. The zero-order chi connectivity index (χ0) is 25.8. The van der Waals surface area contributed by atoms with Crippen LogP contribution in [0.3, 0.4) is 0 Å².